The number of nitro groups is 2. The molecule has 0 bridgehead atoms. The summed E-state index contributed by atoms with van der Waals surface area (Å²) in [5.74, 6) is -2.28. The van der Waals surface area contributed by atoms with Crippen molar-refractivity contribution in [2.75, 3.05) is 34.0 Å². The van der Waals surface area contributed by atoms with Crippen molar-refractivity contribution in [2.45, 2.75) is 78.3 Å². The summed E-state index contributed by atoms with van der Waals surface area (Å²) in [6.07, 6.45) is 2.87. The molecule has 3 atom stereocenters. The molecule has 0 aliphatic carbocycles. The average Bonchev–Trinajstić information content (AvgIpc) is 3.69. The lowest BCUT2D eigenvalue weighted by molar-refractivity contribution is -0.386. The van der Waals surface area contributed by atoms with Crippen LogP contribution in [0.15, 0.2) is 49.6 Å². The van der Waals surface area contributed by atoms with E-state index >= 15 is 0 Å². The molecule has 3 amide bonds. The molecule has 2 aromatic carbocycles. The van der Waals surface area contributed by atoms with Crippen molar-refractivity contribution in [3.05, 3.63) is 80.9 Å². The highest BCUT2D eigenvalue weighted by Crippen LogP contribution is 2.37. The van der Waals surface area contributed by atoms with Crippen molar-refractivity contribution in [2.24, 2.45) is 11.8 Å². The van der Waals surface area contributed by atoms with Gasteiger partial charge in [-0.25, -0.2) is 9.59 Å². The maximum atomic E-state index is 13.7. The van der Waals surface area contributed by atoms with E-state index in [4.69, 9.17) is 28.4 Å². The van der Waals surface area contributed by atoms with E-state index in [1.54, 1.807) is 13.8 Å². The Kier molecular flexibility index (Phi) is 17.3. The summed E-state index contributed by atoms with van der Waals surface area (Å²) in [4.78, 5) is 77.7. The van der Waals surface area contributed by atoms with Gasteiger partial charge in [0.25, 0.3) is 11.4 Å². The first-order valence-corrected chi connectivity index (χ1v) is 18.4. The molecule has 1 aliphatic heterocycles. The molecule has 0 spiro atoms. The van der Waals surface area contributed by atoms with Crippen LogP contribution in [0.5, 0.6) is 23.0 Å². The van der Waals surface area contributed by atoms with Gasteiger partial charge in [0.2, 0.25) is 11.8 Å². The maximum Gasteiger partial charge on any atom is 0.410 e. The fraction of sp³-hybridized carbons (Fsp3) is 0.487. The number of ether oxygens (including phenoxy) is 6. The van der Waals surface area contributed by atoms with E-state index in [-0.39, 0.29) is 84.0 Å². The number of methoxy groups -OCH3 is 2. The number of nitrogens with one attached hydrogen (secondary N) is 2. The molecule has 1 saturated heterocycles. The van der Waals surface area contributed by atoms with Gasteiger partial charge in [0.1, 0.15) is 44.6 Å². The number of hydrogen-bond donors (Lipinski definition) is 2. The van der Waals surface area contributed by atoms with Crippen LogP contribution in [0, 0.1) is 32.1 Å². The van der Waals surface area contributed by atoms with Crippen LogP contribution in [0.4, 0.5) is 16.2 Å². The summed E-state index contributed by atoms with van der Waals surface area (Å²) in [5, 5.41) is 29.1. The summed E-state index contributed by atoms with van der Waals surface area (Å²) >= 11 is 0. The zero-order valence-electron chi connectivity index (χ0n) is 33.5. The van der Waals surface area contributed by atoms with E-state index in [0.717, 1.165) is 12.1 Å². The van der Waals surface area contributed by atoms with Crippen LogP contribution in [0.1, 0.15) is 58.1 Å². The van der Waals surface area contributed by atoms with Gasteiger partial charge in [0.05, 0.1) is 47.3 Å². The Morgan fingerprint density at radius 1 is 0.828 bits per heavy atom. The van der Waals surface area contributed by atoms with Crippen molar-refractivity contribution in [3.8, 4) is 23.0 Å². The number of carbonyl (C=O) groups is 4. The highest BCUT2D eigenvalue weighted by Gasteiger charge is 2.38. The molecular formula is C39H51N5O14. The van der Waals surface area contributed by atoms with E-state index in [2.05, 4.69) is 23.8 Å². The van der Waals surface area contributed by atoms with Crippen molar-refractivity contribution in [1.29, 1.82) is 0 Å². The zero-order valence-corrected chi connectivity index (χ0v) is 33.5. The Balaban J connectivity index is 1.73. The van der Waals surface area contributed by atoms with E-state index in [0.29, 0.717) is 6.42 Å². The molecule has 58 heavy (non-hydrogen) atoms. The second-order valence-corrected chi connectivity index (χ2v) is 13.9. The number of amides is 3. The van der Waals surface area contributed by atoms with Crippen LogP contribution in [0.25, 0.3) is 0 Å². The van der Waals surface area contributed by atoms with Crippen LogP contribution >= 0.6 is 0 Å². The monoisotopic (exact) mass is 813 g/mol. The first-order valence-electron chi connectivity index (χ1n) is 18.4. The molecule has 0 saturated carbocycles. The molecule has 2 N–H and O–H groups in total. The minimum atomic E-state index is -1.21. The molecule has 19 heteroatoms. The molecule has 19 nitrogen and oxygen atoms in total. The summed E-state index contributed by atoms with van der Waals surface area (Å²) in [6.45, 7) is 13.3. The van der Waals surface area contributed by atoms with Gasteiger partial charge in [-0.1, -0.05) is 53.0 Å². The van der Waals surface area contributed by atoms with E-state index in [9.17, 15) is 39.4 Å². The smallest absolute Gasteiger partial charge is 0.410 e. The second-order valence-electron chi connectivity index (χ2n) is 13.9. The molecule has 1 heterocycles. The Morgan fingerprint density at radius 3 is 1.79 bits per heavy atom. The molecule has 2 aromatic rings. The van der Waals surface area contributed by atoms with Crippen LogP contribution in [0.2, 0.25) is 0 Å². The van der Waals surface area contributed by atoms with Crippen molar-refractivity contribution in [1.82, 2.24) is 15.5 Å². The largest absolute Gasteiger partial charge is 0.493 e. The van der Waals surface area contributed by atoms with Crippen molar-refractivity contribution in [3.63, 3.8) is 0 Å². The molecule has 3 rings (SSSR count). The Labute approximate surface area is 335 Å². The van der Waals surface area contributed by atoms with E-state index in [1.165, 1.54) is 43.4 Å². The third-order valence-corrected chi connectivity index (χ3v) is 8.91. The Bertz CT molecular complexity index is 1850. The first kappa shape index (κ1) is 46.0. The van der Waals surface area contributed by atoms with Gasteiger partial charge < -0.3 is 39.1 Å². The van der Waals surface area contributed by atoms with Crippen molar-refractivity contribution < 1.29 is 57.4 Å². The molecule has 316 valence electrons. The van der Waals surface area contributed by atoms with Gasteiger partial charge in [-0.3, -0.25) is 34.7 Å². The molecular weight excluding hydrogens is 762 g/mol. The predicted molar refractivity (Wildman–Crippen MR) is 209 cm³/mol. The molecule has 0 aromatic heterocycles. The SMILES string of the molecule is C=CCOc1cc([N+](=O)[O-])c(COC(=O)C(NC(=O)[C@H](CC(C)C)NC(=O)[C@@H]2CCCN2C(=O)OCc2cc(OC)c(OCC=C)cc2[N+](=O)[O-])C(C)C)cc1OC. The summed E-state index contributed by atoms with van der Waals surface area (Å²) < 4.78 is 32.4. The van der Waals surface area contributed by atoms with Gasteiger partial charge >= 0.3 is 12.1 Å². The average molecular weight is 814 g/mol. The van der Waals surface area contributed by atoms with Gasteiger partial charge in [0.15, 0.2) is 23.0 Å². The molecule has 1 fully saturated rings. The lowest BCUT2D eigenvalue weighted by Gasteiger charge is -2.28. The van der Waals surface area contributed by atoms with Crippen LogP contribution < -0.4 is 29.6 Å². The fourth-order valence-electron chi connectivity index (χ4n) is 6.04. The standard InChI is InChI=1S/C39H51N5O14/c1-9-14-55-33-19-29(43(49)50)25(17-31(33)53-7)21-57-38(47)35(24(5)6)41-36(45)27(16-23(3)4)40-37(46)28-12-11-13-42(28)39(48)58-22-26-18-32(54-8)34(56-15-10-2)20-30(26)44(51)52/h9-10,17-20,23-24,27-28,35H,1-2,11-16,21-22H2,3-8H3,(H,40,46)(H,41,45)/t27-,28-,35?/m0/s1. The Hall–Kier alpha value is -6.40. The number of carbonyl (C=O) groups excluding carboxylic acids is 4. The highest BCUT2D eigenvalue weighted by atomic mass is 16.6. The number of nitro benzene ring substituents is 2. The number of hydrogen-bond acceptors (Lipinski definition) is 14. The van der Waals surface area contributed by atoms with Crippen LogP contribution in [-0.2, 0) is 37.1 Å². The van der Waals surface area contributed by atoms with E-state index in [1.807, 2.05) is 13.8 Å². The molecule has 1 unspecified atom stereocenters. The van der Waals surface area contributed by atoms with Gasteiger partial charge in [-0.2, -0.15) is 0 Å². The zero-order chi connectivity index (χ0) is 43.1. The van der Waals surface area contributed by atoms with Crippen LogP contribution in [-0.4, -0.2) is 90.7 Å². The number of esters is 1. The second kappa shape index (κ2) is 21.8. The Morgan fingerprint density at radius 2 is 1.34 bits per heavy atom. The number of benzene rings is 2. The molecule has 0 radical (unpaired) electrons. The van der Waals surface area contributed by atoms with Gasteiger partial charge in [-0.15, -0.1) is 0 Å². The van der Waals surface area contributed by atoms with E-state index < -0.39 is 71.0 Å². The third-order valence-electron chi connectivity index (χ3n) is 8.91. The normalized spacial score (nSPS) is 14.5. The first-order chi connectivity index (χ1) is 27.6. The summed E-state index contributed by atoms with van der Waals surface area (Å²) in [5.41, 5.74) is -0.713. The molecule has 1 aliphatic rings. The van der Waals surface area contributed by atoms with Gasteiger partial charge in [0, 0.05) is 6.54 Å². The predicted octanol–water partition coefficient (Wildman–Crippen LogP) is 5.17. The lowest BCUT2D eigenvalue weighted by atomic mass is 10.00. The van der Waals surface area contributed by atoms with Gasteiger partial charge in [-0.05, 0) is 43.2 Å². The highest BCUT2D eigenvalue weighted by molar-refractivity contribution is 5.93. The van der Waals surface area contributed by atoms with Crippen LogP contribution in [0.3, 0.4) is 0 Å². The maximum absolute atomic E-state index is 13.7. The number of rotatable bonds is 22. The lowest BCUT2D eigenvalue weighted by Crippen LogP contribution is -2.56. The minimum Gasteiger partial charge on any atom is -0.493 e. The fourth-order valence-corrected chi connectivity index (χ4v) is 6.04. The summed E-state index contributed by atoms with van der Waals surface area (Å²) in [6, 6.07) is 1.59. The van der Waals surface area contributed by atoms with Crippen molar-refractivity contribution >= 4 is 35.3 Å². The number of nitrogens with zero attached hydrogens (tertiary/aromatic N) is 3. The quantitative estimate of drug-likeness (QED) is 0.0676. The minimum absolute atomic E-state index is 0.0179. The topological polar surface area (TPSA) is 237 Å². The summed E-state index contributed by atoms with van der Waals surface area (Å²) in [7, 11) is 2.70. The number of likely N-dealkylation sites (tertiary alicyclic amines) is 1. The third kappa shape index (κ3) is 12.3.